The Bertz CT molecular complexity index is 915. The standard InChI is InChI=1S/C22H21NO2S/c1-14-23-20(16-5-3-2-4-6-16)21(26-14)17-10-7-15(8-11-17)9-12-18-13-19(18)22(24)25/h2-8,10-11,18-19H,9,12-13H2,1H3,(H,24,25). The molecule has 3 nitrogen and oxygen atoms in total. The third-order valence-corrected chi connectivity index (χ3v) is 6.06. The van der Waals surface area contributed by atoms with Crippen LogP contribution in [0.2, 0.25) is 0 Å². The van der Waals surface area contributed by atoms with E-state index in [1.54, 1.807) is 11.3 Å². The smallest absolute Gasteiger partial charge is 0.306 e. The highest BCUT2D eigenvalue weighted by molar-refractivity contribution is 7.15. The number of aryl methyl sites for hydroxylation is 2. The summed E-state index contributed by atoms with van der Waals surface area (Å²) in [4.78, 5) is 16.9. The van der Waals surface area contributed by atoms with E-state index >= 15 is 0 Å². The lowest BCUT2D eigenvalue weighted by Crippen LogP contribution is -2.00. The fraction of sp³-hybridized carbons (Fsp3) is 0.273. The van der Waals surface area contributed by atoms with E-state index in [4.69, 9.17) is 10.1 Å². The second-order valence-corrected chi connectivity index (χ2v) is 8.16. The molecule has 26 heavy (non-hydrogen) atoms. The highest BCUT2D eigenvalue weighted by atomic mass is 32.1. The van der Waals surface area contributed by atoms with Crippen molar-refractivity contribution in [2.24, 2.45) is 11.8 Å². The molecule has 0 saturated heterocycles. The van der Waals surface area contributed by atoms with E-state index in [0.717, 1.165) is 35.5 Å². The maximum absolute atomic E-state index is 10.9. The predicted octanol–water partition coefficient (Wildman–Crippen LogP) is 5.44. The van der Waals surface area contributed by atoms with Crippen LogP contribution in [0.5, 0.6) is 0 Å². The lowest BCUT2D eigenvalue weighted by atomic mass is 10.0. The maximum Gasteiger partial charge on any atom is 0.306 e. The van der Waals surface area contributed by atoms with Gasteiger partial charge in [0.15, 0.2) is 0 Å². The molecule has 3 aromatic rings. The van der Waals surface area contributed by atoms with E-state index in [9.17, 15) is 4.79 Å². The van der Waals surface area contributed by atoms with Gasteiger partial charge in [-0.15, -0.1) is 11.3 Å². The van der Waals surface area contributed by atoms with Gasteiger partial charge in [0, 0.05) is 5.56 Å². The number of rotatable bonds is 6. The van der Waals surface area contributed by atoms with Crippen LogP contribution < -0.4 is 0 Å². The normalized spacial score (nSPS) is 18.7. The zero-order valence-corrected chi connectivity index (χ0v) is 15.5. The quantitative estimate of drug-likeness (QED) is 0.634. The SMILES string of the molecule is Cc1nc(-c2ccccc2)c(-c2ccc(CCC3CC3C(=O)O)cc2)s1. The van der Waals surface area contributed by atoms with Crippen LogP contribution in [0.1, 0.15) is 23.4 Å². The Morgan fingerprint density at radius 1 is 1.12 bits per heavy atom. The van der Waals surface area contributed by atoms with E-state index in [0.29, 0.717) is 5.92 Å². The van der Waals surface area contributed by atoms with Crippen molar-refractivity contribution in [3.8, 4) is 21.7 Å². The van der Waals surface area contributed by atoms with Gasteiger partial charge in [-0.3, -0.25) is 4.79 Å². The Morgan fingerprint density at radius 3 is 2.50 bits per heavy atom. The van der Waals surface area contributed by atoms with E-state index in [1.165, 1.54) is 16.0 Å². The van der Waals surface area contributed by atoms with Crippen LogP contribution in [0.25, 0.3) is 21.7 Å². The highest BCUT2D eigenvalue weighted by Gasteiger charge is 2.42. The van der Waals surface area contributed by atoms with Crippen molar-refractivity contribution in [2.75, 3.05) is 0 Å². The summed E-state index contributed by atoms with van der Waals surface area (Å²) in [7, 11) is 0. The summed E-state index contributed by atoms with van der Waals surface area (Å²) in [5.41, 5.74) is 4.65. The van der Waals surface area contributed by atoms with Crippen LogP contribution in [0.15, 0.2) is 54.6 Å². The average Bonchev–Trinajstić information content (AvgIpc) is 3.35. The van der Waals surface area contributed by atoms with Crippen LogP contribution in [0, 0.1) is 18.8 Å². The molecule has 1 fully saturated rings. The molecule has 1 saturated carbocycles. The minimum absolute atomic E-state index is 0.108. The molecule has 0 radical (unpaired) electrons. The zero-order chi connectivity index (χ0) is 18.1. The molecule has 0 aliphatic heterocycles. The van der Waals surface area contributed by atoms with Crippen molar-refractivity contribution in [1.29, 1.82) is 0 Å². The van der Waals surface area contributed by atoms with Gasteiger partial charge in [0.2, 0.25) is 0 Å². The van der Waals surface area contributed by atoms with E-state index < -0.39 is 5.97 Å². The van der Waals surface area contributed by atoms with Crippen molar-refractivity contribution >= 4 is 17.3 Å². The van der Waals surface area contributed by atoms with Gasteiger partial charge in [-0.25, -0.2) is 4.98 Å². The molecule has 0 amide bonds. The molecule has 2 aromatic carbocycles. The Balaban J connectivity index is 1.50. The van der Waals surface area contributed by atoms with Gasteiger partial charge in [-0.1, -0.05) is 54.6 Å². The molecule has 2 atom stereocenters. The lowest BCUT2D eigenvalue weighted by molar-refractivity contribution is -0.138. The number of aromatic nitrogens is 1. The van der Waals surface area contributed by atoms with Gasteiger partial charge in [-0.2, -0.15) is 0 Å². The number of hydrogen-bond donors (Lipinski definition) is 1. The first-order valence-corrected chi connectivity index (χ1v) is 9.78. The molecule has 1 aliphatic carbocycles. The average molecular weight is 363 g/mol. The third-order valence-electron chi connectivity index (χ3n) is 5.04. The summed E-state index contributed by atoms with van der Waals surface area (Å²) in [5.74, 6) is -0.386. The summed E-state index contributed by atoms with van der Waals surface area (Å²) < 4.78 is 0. The number of benzene rings is 2. The van der Waals surface area contributed by atoms with Crippen molar-refractivity contribution in [3.05, 3.63) is 65.2 Å². The minimum atomic E-state index is -0.639. The van der Waals surface area contributed by atoms with Crippen LogP contribution >= 0.6 is 11.3 Å². The van der Waals surface area contributed by atoms with Crippen LogP contribution in [-0.4, -0.2) is 16.1 Å². The molecule has 132 valence electrons. The van der Waals surface area contributed by atoms with Crippen LogP contribution in [0.4, 0.5) is 0 Å². The largest absolute Gasteiger partial charge is 0.481 e. The molecule has 4 rings (SSSR count). The predicted molar refractivity (Wildman–Crippen MR) is 105 cm³/mol. The maximum atomic E-state index is 10.9. The molecule has 0 bridgehead atoms. The second kappa shape index (κ2) is 7.04. The number of hydrogen-bond acceptors (Lipinski definition) is 3. The number of carboxylic acid groups (broad SMARTS) is 1. The number of aliphatic carboxylic acids is 1. The van der Waals surface area contributed by atoms with Gasteiger partial charge in [0.25, 0.3) is 0 Å². The summed E-state index contributed by atoms with van der Waals surface area (Å²) in [6.07, 6.45) is 2.75. The van der Waals surface area contributed by atoms with Crippen LogP contribution in [0.3, 0.4) is 0 Å². The fourth-order valence-corrected chi connectivity index (χ4v) is 4.40. The number of carbonyl (C=O) groups is 1. The Hall–Kier alpha value is -2.46. The highest BCUT2D eigenvalue weighted by Crippen LogP contribution is 2.42. The second-order valence-electron chi connectivity index (χ2n) is 6.95. The number of carboxylic acids is 1. The monoisotopic (exact) mass is 363 g/mol. The first kappa shape index (κ1) is 17.0. The van der Waals surface area contributed by atoms with E-state index in [2.05, 4.69) is 36.4 Å². The summed E-state index contributed by atoms with van der Waals surface area (Å²) in [5, 5.41) is 10.1. The molecule has 2 unspecified atom stereocenters. The van der Waals surface area contributed by atoms with E-state index in [1.807, 2.05) is 25.1 Å². The molecule has 1 aliphatic rings. The van der Waals surface area contributed by atoms with Gasteiger partial charge in [0.1, 0.15) is 0 Å². The zero-order valence-electron chi connectivity index (χ0n) is 14.7. The van der Waals surface area contributed by atoms with Crippen LogP contribution in [-0.2, 0) is 11.2 Å². The van der Waals surface area contributed by atoms with Gasteiger partial charge >= 0.3 is 5.97 Å². The lowest BCUT2D eigenvalue weighted by Gasteiger charge is -2.05. The molecule has 1 N–H and O–H groups in total. The molecule has 1 heterocycles. The summed E-state index contributed by atoms with van der Waals surface area (Å²) >= 11 is 1.72. The Morgan fingerprint density at radius 2 is 1.85 bits per heavy atom. The van der Waals surface area contributed by atoms with Crippen molar-refractivity contribution in [1.82, 2.24) is 4.98 Å². The molecule has 4 heteroatoms. The Kier molecular flexibility index (Phi) is 4.60. The third kappa shape index (κ3) is 3.56. The number of thiazole rings is 1. The molecular weight excluding hydrogens is 342 g/mol. The first-order valence-electron chi connectivity index (χ1n) is 8.97. The van der Waals surface area contributed by atoms with Crippen molar-refractivity contribution < 1.29 is 9.90 Å². The van der Waals surface area contributed by atoms with Crippen molar-refractivity contribution in [2.45, 2.75) is 26.2 Å². The van der Waals surface area contributed by atoms with Crippen molar-refractivity contribution in [3.63, 3.8) is 0 Å². The first-order chi connectivity index (χ1) is 12.6. The summed E-state index contributed by atoms with van der Waals surface area (Å²) in [6.45, 7) is 2.05. The topological polar surface area (TPSA) is 50.2 Å². The number of nitrogens with zero attached hydrogens (tertiary/aromatic N) is 1. The van der Waals surface area contributed by atoms with E-state index in [-0.39, 0.29) is 5.92 Å². The molecular formula is C22H21NO2S. The summed E-state index contributed by atoms with van der Waals surface area (Å²) in [6, 6.07) is 19.0. The van der Waals surface area contributed by atoms with Gasteiger partial charge in [0.05, 0.1) is 21.5 Å². The van der Waals surface area contributed by atoms with Gasteiger partial charge < -0.3 is 5.11 Å². The minimum Gasteiger partial charge on any atom is -0.481 e. The molecule has 1 aromatic heterocycles. The Labute approximate surface area is 157 Å². The van der Waals surface area contributed by atoms with Gasteiger partial charge in [-0.05, 0) is 43.2 Å². The molecule has 0 spiro atoms. The fourth-order valence-electron chi connectivity index (χ4n) is 3.46.